The molecule has 3 rings (SSSR count). The summed E-state index contributed by atoms with van der Waals surface area (Å²) in [6, 6.07) is 5.96. The predicted molar refractivity (Wildman–Crippen MR) is 73.8 cm³/mol. The largest absolute Gasteiger partial charge is 0.443 e. The van der Waals surface area contributed by atoms with E-state index in [0.717, 1.165) is 41.1 Å². The molecular formula is C14H16N4O. The highest BCUT2D eigenvalue weighted by molar-refractivity contribution is 5.78. The first-order valence-corrected chi connectivity index (χ1v) is 6.28. The summed E-state index contributed by atoms with van der Waals surface area (Å²) in [7, 11) is 3.97. The highest BCUT2D eigenvalue weighted by Crippen LogP contribution is 2.23. The van der Waals surface area contributed by atoms with Gasteiger partial charge in [-0.2, -0.15) is 0 Å². The lowest BCUT2D eigenvalue weighted by molar-refractivity contribution is 0.602. The lowest BCUT2D eigenvalue weighted by Gasteiger charge is -1.99. The van der Waals surface area contributed by atoms with E-state index in [9.17, 15) is 0 Å². The second-order valence-corrected chi connectivity index (χ2v) is 4.54. The maximum Gasteiger partial charge on any atom is 0.181 e. The summed E-state index contributed by atoms with van der Waals surface area (Å²) in [6.45, 7) is 0.922. The third-order valence-electron chi connectivity index (χ3n) is 3.20. The van der Waals surface area contributed by atoms with Crippen molar-refractivity contribution in [3.63, 3.8) is 0 Å². The summed E-state index contributed by atoms with van der Waals surface area (Å²) in [5.74, 6) is 1.07. The van der Waals surface area contributed by atoms with Crippen molar-refractivity contribution in [2.45, 2.75) is 6.42 Å². The molecule has 0 spiro atoms. The highest BCUT2D eigenvalue weighted by Gasteiger charge is 2.08. The van der Waals surface area contributed by atoms with Crippen LogP contribution in [0.4, 0.5) is 0 Å². The van der Waals surface area contributed by atoms with E-state index < -0.39 is 0 Å². The maximum absolute atomic E-state index is 5.33. The molecule has 19 heavy (non-hydrogen) atoms. The number of imidazole rings is 1. The molecule has 0 radical (unpaired) electrons. The number of nitrogens with zero attached hydrogens (tertiary/aromatic N) is 3. The fraction of sp³-hybridized carbons (Fsp3) is 0.286. The first-order chi connectivity index (χ1) is 9.28. The van der Waals surface area contributed by atoms with Gasteiger partial charge in [-0.15, -0.1) is 0 Å². The van der Waals surface area contributed by atoms with Crippen LogP contribution in [0.3, 0.4) is 0 Å². The van der Waals surface area contributed by atoms with Crippen LogP contribution >= 0.6 is 0 Å². The standard InChI is InChI=1S/C14H16N4O/c1-15-6-5-14-17-12(8-18(14)2)10-3-4-11-13(7-10)19-9-16-11/h3-4,7-9,15H,5-6H2,1-2H3. The number of rotatable bonds is 4. The minimum Gasteiger partial charge on any atom is -0.443 e. The zero-order valence-corrected chi connectivity index (χ0v) is 11.1. The number of benzene rings is 1. The van der Waals surface area contributed by atoms with Crippen molar-refractivity contribution in [2.24, 2.45) is 7.05 Å². The van der Waals surface area contributed by atoms with Crippen LogP contribution in [0.1, 0.15) is 5.82 Å². The van der Waals surface area contributed by atoms with Crippen molar-refractivity contribution in [1.82, 2.24) is 19.9 Å². The number of hydrogen-bond donors (Lipinski definition) is 1. The zero-order valence-electron chi connectivity index (χ0n) is 11.1. The first kappa shape index (κ1) is 11.9. The molecule has 0 aliphatic rings. The van der Waals surface area contributed by atoms with Gasteiger partial charge in [0.15, 0.2) is 12.0 Å². The van der Waals surface area contributed by atoms with Gasteiger partial charge in [0.25, 0.3) is 0 Å². The lowest BCUT2D eigenvalue weighted by atomic mass is 10.1. The summed E-state index contributed by atoms with van der Waals surface area (Å²) in [5, 5.41) is 3.14. The Hall–Kier alpha value is -2.14. The van der Waals surface area contributed by atoms with Crippen LogP contribution in [-0.4, -0.2) is 28.1 Å². The van der Waals surface area contributed by atoms with E-state index in [-0.39, 0.29) is 0 Å². The van der Waals surface area contributed by atoms with E-state index in [1.54, 1.807) is 0 Å². The van der Waals surface area contributed by atoms with E-state index >= 15 is 0 Å². The molecule has 0 aliphatic carbocycles. The third kappa shape index (κ3) is 2.24. The van der Waals surface area contributed by atoms with E-state index in [2.05, 4.69) is 19.9 Å². The molecule has 1 aromatic carbocycles. The first-order valence-electron chi connectivity index (χ1n) is 6.28. The molecule has 98 valence electrons. The number of hydrogen-bond acceptors (Lipinski definition) is 4. The van der Waals surface area contributed by atoms with Crippen molar-refractivity contribution in [3.8, 4) is 11.3 Å². The molecule has 0 bridgehead atoms. The lowest BCUT2D eigenvalue weighted by Crippen LogP contribution is -2.12. The topological polar surface area (TPSA) is 55.9 Å². The number of aromatic nitrogens is 3. The highest BCUT2D eigenvalue weighted by atomic mass is 16.3. The van der Waals surface area contributed by atoms with Crippen molar-refractivity contribution in [2.75, 3.05) is 13.6 Å². The Labute approximate surface area is 111 Å². The van der Waals surface area contributed by atoms with Gasteiger partial charge in [0.1, 0.15) is 11.3 Å². The van der Waals surface area contributed by atoms with Crippen LogP contribution < -0.4 is 5.32 Å². The normalized spacial score (nSPS) is 11.3. The quantitative estimate of drug-likeness (QED) is 0.775. The van der Waals surface area contributed by atoms with Gasteiger partial charge >= 0.3 is 0 Å². The van der Waals surface area contributed by atoms with E-state index in [1.165, 1.54) is 6.39 Å². The molecule has 2 aromatic heterocycles. The Morgan fingerprint density at radius 3 is 3.11 bits per heavy atom. The molecule has 0 atom stereocenters. The van der Waals surface area contributed by atoms with Gasteiger partial charge in [0.05, 0.1) is 5.69 Å². The SMILES string of the molecule is CNCCc1nc(-c2ccc3ncoc3c2)cn1C. The molecule has 1 N–H and O–H groups in total. The Kier molecular flexibility index (Phi) is 3.05. The Morgan fingerprint density at radius 1 is 1.37 bits per heavy atom. The maximum atomic E-state index is 5.33. The van der Waals surface area contributed by atoms with Crippen LogP contribution in [-0.2, 0) is 13.5 Å². The monoisotopic (exact) mass is 256 g/mol. The molecular weight excluding hydrogens is 240 g/mol. The average Bonchev–Trinajstić information content (AvgIpc) is 3.02. The minimum absolute atomic E-state index is 0.792. The van der Waals surface area contributed by atoms with Crippen LogP contribution in [0.15, 0.2) is 35.2 Å². The Balaban J connectivity index is 1.96. The van der Waals surface area contributed by atoms with E-state index in [0.29, 0.717) is 0 Å². The van der Waals surface area contributed by atoms with Crippen LogP contribution in [0.2, 0.25) is 0 Å². The molecule has 0 aliphatic heterocycles. The van der Waals surface area contributed by atoms with Crippen molar-refractivity contribution in [3.05, 3.63) is 36.6 Å². The molecule has 3 aromatic rings. The van der Waals surface area contributed by atoms with Gasteiger partial charge in [-0.1, -0.05) is 6.07 Å². The minimum atomic E-state index is 0.792. The Morgan fingerprint density at radius 2 is 2.26 bits per heavy atom. The molecule has 5 nitrogen and oxygen atoms in total. The predicted octanol–water partition coefficient (Wildman–Crippen LogP) is 1.99. The van der Waals surface area contributed by atoms with Gasteiger partial charge < -0.3 is 14.3 Å². The van der Waals surface area contributed by atoms with Crippen LogP contribution in [0, 0.1) is 0 Å². The van der Waals surface area contributed by atoms with Crippen molar-refractivity contribution < 1.29 is 4.42 Å². The van der Waals surface area contributed by atoms with Crippen LogP contribution in [0.25, 0.3) is 22.4 Å². The summed E-state index contributed by atoms with van der Waals surface area (Å²) >= 11 is 0. The second-order valence-electron chi connectivity index (χ2n) is 4.54. The number of fused-ring (bicyclic) bond motifs is 1. The smallest absolute Gasteiger partial charge is 0.181 e. The van der Waals surface area contributed by atoms with Crippen LogP contribution in [0.5, 0.6) is 0 Å². The molecule has 0 unspecified atom stereocenters. The fourth-order valence-electron chi connectivity index (χ4n) is 2.13. The molecule has 0 amide bonds. The zero-order chi connectivity index (χ0) is 13.2. The molecule has 0 fully saturated rings. The Bertz CT molecular complexity index is 698. The second kappa shape index (κ2) is 4.85. The van der Waals surface area contributed by atoms with Gasteiger partial charge in [0.2, 0.25) is 0 Å². The van der Waals surface area contributed by atoms with Crippen molar-refractivity contribution >= 4 is 11.1 Å². The molecule has 0 saturated heterocycles. The molecule has 2 heterocycles. The number of aryl methyl sites for hydroxylation is 1. The fourth-order valence-corrected chi connectivity index (χ4v) is 2.13. The molecule has 5 heteroatoms. The average molecular weight is 256 g/mol. The van der Waals surface area contributed by atoms with E-state index in [4.69, 9.17) is 4.42 Å². The summed E-state index contributed by atoms with van der Waals surface area (Å²) in [5.41, 5.74) is 3.68. The summed E-state index contributed by atoms with van der Waals surface area (Å²) in [4.78, 5) is 8.79. The summed E-state index contributed by atoms with van der Waals surface area (Å²) in [6.07, 6.45) is 4.42. The van der Waals surface area contributed by atoms with Gasteiger partial charge in [-0.25, -0.2) is 9.97 Å². The third-order valence-corrected chi connectivity index (χ3v) is 3.20. The summed E-state index contributed by atoms with van der Waals surface area (Å²) < 4.78 is 7.39. The number of likely N-dealkylation sites (N-methyl/N-ethyl adjacent to an activating group) is 1. The van der Waals surface area contributed by atoms with Gasteiger partial charge in [-0.05, 0) is 19.2 Å². The van der Waals surface area contributed by atoms with E-state index in [1.807, 2.05) is 38.5 Å². The van der Waals surface area contributed by atoms with Gasteiger partial charge in [-0.3, -0.25) is 0 Å². The van der Waals surface area contributed by atoms with Gasteiger partial charge in [0, 0.05) is 31.8 Å². The number of nitrogens with one attached hydrogen (secondary N) is 1. The van der Waals surface area contributed by atoms with Crippen molar-refractivity contribution in [1.29, 1.82) is 0 Å². The number of oxazole rings is 1. The molecule has 0 saturated carbocycles.